The number of halogens is 2. The van der Waals surface area contributed by atoms with E-state index in [9.17, 15) is 9.18 Å². The van der Waals surface area contributed by atoms with Gasteiger partial charge in [0, 0.05) is 10.0 Å². The van der Waals surface area contributed by atoms with Crippen LogP contribution < -0.4 is 5.32 Å². The fraction of sp³-hybridized carbons (Fsp3) is 0. The highest BCUT2D eigenvalue weighted by Crippen LogP contribution is 2.17. The Kier molecular flexibility index (Phi) is 4.02. The fourth-order valence-corrected chi connectivity index (χ4v) is 2.39. The van der Waals surface area contributed by atoms with E-state index in [0.717, 1.165) is 4.47 Å². The first-order chi connectivity index (χ1) is 10.6. The Labute approximate surface area is 134 Å². The highest BCUT2D eigenvalue weighted by Gasteiger charge is 2.10. The molecule has 0 unspecified atom stereocenters. The maximum absolute atomic E-state index is 13.7. The molecule has 0 radical (unpaired) electrons. The smallest absolute Gasteiger partial charge is 0.255 e. The Morgan fingerprint density at radius 3 is 2.77 bits per heavy atom. The molecule has 0 bridgehead atoms. The van der Waals surface area contributed by atoms with Crippen LogP contribution in [0.25, 0.3) is 5.69 Å². The fourth-order valence-electron chi connectivity index (χ4n) is 1.99. The van der Waals surface area contributed by atoms with Crippen molar-refractivity contribution >= 4 is 27.5 Å². The van der Waals surface area contributed by atoms with Gasteiger partial charge in [0.15, 0.2) is 0 Å². The number of hydrogen-bond donors (Lipinski definition) is 1. The van der Waals surface area contributed by atoms with Crippen LogP contribution in [0.5, 0.6) is 0 Å². The Balaban J connectivity index is 1.80. The van der Waals surface area contributed by atoms with Crippen LogP contribution >= 0.6 is 15.9 Å². The maximum atomic E-state index is 13.7. The average Bonchev–Trinajstić information content (AvgIpc) is 2.96. The molecule has 0 saturated carbocycles. The van der Waals surface area contributed by atoms with Crippen LogP contribution in [-0.4, -0.2) is 15.7 Å². The van der Waals surface area contributed by atoms with Crippen LogP contribution in [0.2, 0.25) is 0 Å². The molecule has 0 fully saturated rings. The van der Waals surface area contributed by atoms with Gasteiger partial charge < -0.3 is 5.32 Å². The van der Waals surface area contributed by atoms with E-state index in [4.69, 9.17) is 0 Å². The summed E-state index contributed by atoms with van der Waals surface area (Å²) in [5.74, 6) is -0.634. The molecule has 1 aromatic heterocycles. The van der Waals surface area contributed by atoms with Gasteiger partial charge in [0.25, 0.3) is 5.91 Å². The van der Waals surface area contributed by atoms with Gasteiger partial charge in [-0.1, -0.05) is 34.1 Å². The Morgan fingerprint density at radius 2 is 2.00 bits per heavy atom. The van der Waals surface area contributed by atoms with Gasteiger partial charge >= 0.3 is 0 Å². The lowest BCUT2D eigenvalue weighted by molar-refractivity contribution is 0.102. The van der Waals surface area contributed by atoms with Crippen molar-refractivity contribution in [2.45, 2.75) is 0 Å². The summed E-state index contributed by atoms with van der Waals surface area (Å²) in [7, 11) is 0. The first-order valence-corrected chi connectivity index (χ1v) is 7.29. The molecular weight excluding hydrogens is 349 g/mol. The highest BCUT2D eigenvalue weighted by atomic mass is 79.9. The third-order valence-electron chi connectivity index (χ3n) is 3.03. The summed E-state index contributed by atoms with van der Waals surface area (Å²) < 4.78 is 15.9. The maximum Gasteiger partial charge on any atom is 0.255 e. The number of carbonyl (C=O) groups excluding carboxylic acids is 1. The molecule has 110 valence electrons. The van der Waals surface area contributed by atoms with Crippen molar-refractivity contribution < 1.29 is 9.18 Å². The Hall–Kier alpha value is -2.47. The molecule has 1 N–H and O–H groups in total. The Bertz CT molecular complexity index is 832. The minimum Gasteiger partial charge on any atom is -0.319 e. The molecule has 0 saturated heterocycles. The first-order valence-electron chi connectivity index (χ1n) is 6.50. The summed E-state index contributed by atoms with van der Waals surface area (Å²) in [5.41, 5.74) is 1.34. The van der Waals surface area contributed by atoms with Crippen molar-refractivity contribution in [1.82, 2.24) is 9.78 Å². The van der Waals surface area contributed by atoms with Crippen LogP contribution in [0.3, 0.4) is 0 Å². The molecule has 2 aromatic carbocycles. The summed E-state index contributed by atoms with van der Waals surface area (Å²) in [6, 6.07) is 13.4. The Morgan fingerprint density at radius 1 is 1.18 bits per heavy atom. The normalized spacial score (nSPS) is 10.5. The SMILES string of the molecule is O=C(Nc1cnn(-c2ccccc2F)c1)c1cccc(Br)c1. The lowest BCUT2D eigenvalue weighted by Gasteiger charge is -2.03. The quantitative estimate of drug-likeness (QED) is 0.767. The van der Waals surface area contributed by atoms with E-state index in [1.165, 1.54) is 16.9 Å². The summed E-state index contributed by atoms with van der Waals surface area (Å²) in [4.78, 5) is 12.1. The van der Waals surface area contributed by atoms with Crippen molar-refractivity contribution in [1.29, 1.82) is 0 Å². The zero-order valence-electron chi connectivity index (χ0n) is 11.3. The van der Waals surface area contributed by atoms with Crippen LogP contribution in [-0.2, 0) is 0 Å². The number of rotatable bonds is 3. The zero-order chi connectivity index (χ0) is 15.5. The average molecular weight is 360 g/mol. The number of benzene rings is 2. The molecular formula is C16H11BrFN3O. The summed E-state index contributed by atoms with van der Waals surface area (Å²) in [5, 5.41) is 6.79. The number of nitrogens with one attached hydrogen (secondary N) is 1. The highest BCUT2D eigenvalue weighted by molar-refractivity contribution is 9.10. The number of para-hydroxylation sites is 1. The number of aromatic nitrogens is 2. The molecule has 0 aliphatic carbocycles. The van der Waals surface area contributed by atoms with Crippen molar-refractivity contribution in [2.75, 3.05) is 5.32 Å². The molecule has 4 nitrogen and oxygen atoms in total. The molecule has 3 rings (SSSR count). The number of carbonyl (C=O) groups is 1. The second-order valence-corrected chi connectivity index (χ2v) is 5.51. The van der Waals surface area contributed by atoms with E-state index in [1.807, 2.05) is 6.07 Å². The van der Waals surface area contributed by atoms with E-state index < -0.39 is 0 Å². The zero-order valence-corrected chi connectivity index (χ0v) is 12.9. The van der Waals surface area contributed by atoms with Crippen LogP contribution in [0.1, 0.15) is 10.4 Å². The van der Waals surface area contributed by atoms with E-state index >= 15 is 0 Å². The largest absolute Gasteiger partial charge is 0.319 e. The molecule has 1 amide bonds. The van der Waals surface area contributed by atoms with Crippen molar-refractivity contribution in [3.8, 4) is 5.69 Å². The van der Waals surface area contributed by atoms with E-state index in [-0.39, 0.29) is 11.7 Å². The van der Waals surface area contributed by atoms with E-state index in [0.29, 0.717) is 16.9 Å². The van der Waals surface area contributed by atoms with E-state index in [2.05, 4.69) is 26.3 Å². The monoisotopic (exact) mass is 359 g/mol. The van der Waals surface area contributed by atoms with E-state index in [1.54, 1.807) is 42.6 Å². The molecule has 6 heteroatoms. The van der Waals surface area contributed by atoms with Gasteiger partial charge in [0.05, 0.1) is 18.1 Å². The van der Waals surface area contributed by atoms with Gasteiger partial charge in [-0.15, -0.1) is 0 Å². The molecule has 0 aliphatic heterocycles. The number of amides is 1. The third-order valence-corrected chi connectivity index (χ3v) is 3.52. The number of nitrogens with zero attached hydrogens (tertiary/aromatic N) is 2. The minimum absolute atomic E-state index is 0.255. The van der Waals surface area contributed by atoms with Gasteiger partial charge in [-0.25, -0.2) is 9.07 Å². The standard InChI is InChI=1S/C16H11BrFN3O/c17-12-5-3-4-11(8-12)16(22)20-13-9-19-21(10-13)15-7-2-1-6-14(15)18/h1-10H,(H,20,22). The summed E-state index contributed by atoms with van der Waals surface area (Å²) >= 11 is 3.32. The van der Waals surface area contributed by atoms with Crippen LogP contribution in [0, 0.1) is 5.82 Å². The first kappa shape index (κ1) is 14.5. The van der Waals surface area contributed by atoms with Gasteiger partial charge in [0.1, 0.15) is 11.5 Å². The topological polar surface area (TPSA) is 46.9 Å². The predicted octanol–water partition coefficient (Wildman–Crippen LogP) is 4.03. The second-order valence-electron chi connectivity index (χ2n) is 4.59. The van der Waals surface area contributed by atoms with Crippen molar-refractivity contribution in [2.24, 2.45) is 0 Å². The second kappa shape index (κ2) is 6.11. The molecule has 3 aromatic rings. The lowest BCUT2D eigenvalue weighted by atomic mass is 10.2. The third kappa shape index (κ3) is 3.07. The lowest BCUT2D eigenvalue weighted by Crippen LogP contribution is -2.11. The minimum atomic E-state index is -0.379. The van der Waals surface area contributed by atoms with Gasteiger partial charge in [-0.3, -0.25) is 4.79 Å². The van der Waals surface area contributed by atoms with Crippen LogP contribution in [0.15, 0.2) is 65.4 Å². The number of anilines is 1. The molecule has 0 atom stereocenters. The molecule has 0 spiro atoms. The van der Waals surface area contributed by atoms with Gasteiger partial charge in [-0.05, 0) is 30.3 Å². The van der Waals surface area contributed by atoms with Crippen LogP contribution in [0.4, 0.5) is 10.1 Å². The van der Waals surface area contributed by atoms with Crippen molar-refractivity contribution in [3.05, 3.63) is 76.8 Å². The number of hydrogen-bond acceptors (Lipinski definition) is 2. The predicted molar refractivity (Wildman–Crippen MR) is 85.6 cm³/mol. The van der Waals surface area contributed by atoms with Crippen molar-refractivity contribution in [3.63, 3.8) is 0 Å². The summed E-state index contributed by atoms with van der Waals surface area (Å²) in [6.07, 6.45) is 3.04. The van der Waals surface area contributed by atoms with Gasteiger partial charge in [0.2, 0.25) is 0 Å². The summed E-state index contributed by atoms with van der Waals surface area (Å²) in [6.45, 7) is 0. The molecule has 0 aliphatic rings. The van der Waals surface area contributed by atoms with Gasteiger partial charge in [-0.2, -0.15) is 5.10 Å². The molecule has 22 heavy (non-hydrogen) atoms. The molecule has 1 heterocycles.